The summed E-state index contributed by atoms with van der Waals surface area (Å²) in [5.41, 5.74) is 10.6. The smallest absolute Gasteiger partial charge is 0.277 e. The monoisotopic (exact) mass is 645 g/mol. The summed E-state index contributed by atoms with van der Waals surface area (Å²) in [6.07, 6.45) is 5.45. The number of rotatable bonds is 8. The molecule has 0 bridgehead atoms. The standard InChI is InChI=1S/C36H35N7O5/c1-48-28-17-15-27(16-18-28)43-33-29(32(39-43)34(37)45)19-22-42(36(33)47)25-9-7-23(8-10-25)38-30-5-4-21-41(35(30)46)26-13-11-24(12-14-26)40-20-3-2-6-31(40)44/h5,7-18,38H,2-4,6,19-22H2,1H3,(H2,37,45). The summed E-state index contributed by atoms with van der Waals surface area (Å²) >= 11 is 0. The lowest BCUT2D eigenvalue weighted by Crippen LogP contribution is -2.39. The van der Waals surface area contributed by atoms with Crippen molar-refractivity contribution in [1.29, 1.82) is 0 Å². The van der Waals surface area contributed by atoms with Crippen LogP contribution in [0.4, 0.5) is 22.7 Å². The molecule has 4 aromatic rings. The van der Waals surface area contributed by atoms with Crippen LogP contribution < -0.4 is 30.5 Å². The topological polar surface area (TPSA) is 143 Å². The van der Waals surface area contributed by atoms with Gasteiger partial charge in [0.2, 0.25) is 5.91 Å². The van der Waals surface area contributed by atoms with Crippen molar-refractivity contribution in [3.63, 3.8) is 0 Å². The summed E-state index contributed by atoms with van der Waals surface area (Å²) in [5, 5.41) is 7.67. The lowest BCUT2D eigenvalue weighted by Gasteiger charge is -2.30. The Balaban J connectivity index is 1.06. The van der Waals surface area contributed by atoms with Crippen LogP contribution in [0, 0.1) is 0 Å². The molecule has 3 aliphatic rings. The van der Waals surface area contributed by atoms with Gasteiger partial charge in [0, 0.05) is 54.4 Å². The molecule has 3 aromatic carbocycles. The lowest BCUT2D eigenvalue weighted by atomic mass is 10.0. The molecule has 3 N–H and O–H groups in total. The van der Waals surface area contributed by atoms with Gasteiger partial charge in [0.1, 0.15) is 17.1 Å². The minimum atomic E-state index is -0.689. The van der Waals surface area contributed by atoms with E-state index in [1.807, 2.05) is 59.5 Å². The summed E-state index contributed by atoms with van der Waals surface area (Å²) in [6, 6.07) is 21.9. The Morgan fingerprint density at radius 1 is 0.750 bits per heavy atom. The average molecular weight is 646 g/mol. The number of hydrogen-bond acceptors (Lipinski definition) is 7. The zero-order chi connectivity index (χ0) is 33.4. The molecule has 1 aromatic heterocycles. The van der Waals surface area contributed by atoms with Crippen LogP contribution in [0.1, 0.15) is 52.2 Å². The molecule has 12 heteroatoms. The van der Waals surface area contributed by atoms with Crippen LogP contribution in [-0.2, 0) is 16.0 Å². The highest BCUT2D eigenvalue weighted by Crippen LogP contribution is 2.31. The van der Waals surface area contributed by atoms with Crippen LogP contribution in [0.5, 0.6) is 5.75 Å². The molecular formula is C36H35N7O5. The van der Waals surface area contributed by atoms with Gasteiger partial charge < -0.3 is 30.5 Å². The van der Waals surface area contributed by atoms with Crippen molar-refractivity contribution in [2.75, 3.05) is 46.8 Å². The fourth-order valence-corrected chi connectivity index (χ4v) is 6.51. The van der Waals surface area contributed by atoms with Gasteiger partial charge in [-0.3, -0.25) is 19.2 Å². The van der Waals surface area contributed by atoms with Crippen molar-refractivity contribution in [1.82, 2.24) is 9.78 Å². The maximum absolute atomic E-state index is 13.9. The molecule has 1 fully saturated rings. The molecule has 0 aliphatic carbocycles. The first-order chi connectivity index (χ1) is 23.3. The number of nitrogens with zero attached hydrogens (tertiary/aromatic N) is 5. The molecule has 0 unspecified atom stereocenters. The molecule has 12 nitrogen and oxygen atoms in total. The first kappa shape index (κ1) is 30.7. The van der Waals surface area contributed by atoms with Gasteiger partial charge in [-0.05, 0) is 98.5 Å². The van der Waals surface area contributed by atoms with E-state index in [1.54, 1.807) is 41.2 Å². The summed E-state index contributed by atoms with van der Waals surface area (Å²) in [5.74, 6) is -0.357. The van der Waals surface area contributed by atoms with Gasteiger partial charge in [-0.1, -0.05) is 6.08 Å². The Hall–Kier alpha value is -5.91. The maximum Gasteiger partial charge on any atom is 0.277 e. The van der Waals surface area contributed by atoms with Crippen molar-refractivity contribution in [2.24, 2.45) is 5.73 Å². The van der Waals surface area contributed by atoms with Gasteiger partial charge in [-0.2, -0.15) is 5.10 Å². The third kappa shape index (κ3) is 5.65. The molecule has 0 atom stereocenters. The van der Waals surface area contributed by atoms with Crippen LogP contribution in [0.3, 0.4) is 0 Å². The van der Waals surface area contributed by atoms with E-state index in [9.17, 15) is 19.2 Å². The zero-order valence-electron chi connectivity index (χ0n) is 26.5. The molecule has 0 spiro atoms. The van der Waals surface area contributed by atoms with E-state index >= 15 is 0 Å². The number of hydrogen-bond donors (Lipinski definition) is 2. The molecular weight excluding hydrogens is 610 g/mol. The normalized spacial score (nSPS) is 16.5. The minimum absolute atomic E-state index is 0.0841. The number of ether oxygens (including phenoxy) is 1. The second kappa shape index (κ2) is 12.7. The number of fused-ring (bicyclic) bond motifs is 1. The number of nitrogens with two attached hydrogens (primary N) is 1. The predicted octanol–water partition coefficient (Wildman–Crippen LogP) is 4.43. The number of primary amides is 1. The number of benzene rings is 3. The van der Waals surface area contributed by atoms with Crippen LogP contribution >= 0.6 is 0 Å². The first-order valence-corrected chi connectivity index (χ1v) is 16.0. The average Bonchev–Trinajstić information content (AvgIpc) is 3.51. The van der Waals surface area contributed by atoms with Gasteiger partial charge in [0.25, 0.3) is 17.7 Å². The number of methoxy groups -OCH3 is 1. The highest BCUT2D eigenvalue weighted by Gasteiger charge is 2.34. The third-order valence-corrected chi connectivity index (χ3v) is 9.00. The Labute approximate surface area is 277 Å². The second-order valence-corrected chi connectivity index (χ2v) is 11.9. The predicted molar refractivity (Wildman–Crippen MR) is 182 cm³/mol. The van der Waals surface area contributed by atoms with E-state index in [2.05, 4.69) is 10.4 Å². The van der Waals surface area contributed by atoms with E-state index < -0.39 is 5.91 Å². The molecule has 7 rings (SSSR count). The molecule has 244 valence electrons. The van der Waals surface area contributed by atoms with E-state index in [1.165, 1.54) is 4.68 Å². The molecule has 3 aliphatic heterocycles. The van der Waals surface area contributed by atoms with Gasteiger partial charge in [0.05, 0.1) is 12.8 Å². The van der Waals surface area contributed by atoms with Crippen molar-refractivity contribution >= 4 is 46.4 Å². The zero-order valence-corrected chi connectivity index (χ0v) is 26.5. The highest BCUT2D eigenvalue weighted by molar-refractivity contribution is 6.10. The number of amides is 4. The Morgan fingerprint density at radius 3 is 2.02 bits per heavy atom. The van der Waals surface area contributed by atoms with Crippen LogP contribution in [0.2, 0.25) is 0 Å². The highest BCUT2D eigenvalue weighted by atomic mass is 16.5. The Bertz CT molecular complexity index is 1930. The second-order valence-electron chi connectivity index (χ2n) is 11.9. The Kier molecular flexibility index (Phi) is 8.14. The van der Waals surface area contributed by atoms with E-state index in [4.69, 9.17) is 10.5 Å². The SMILES string of the molecule is COc1ccc(-n2nc(C(N)=O)c3c2C(=O)N(c2ccc(NC4=CCCN(c5ccc(N6CCCCC6=O)cc5)C4=O)cc2)CC3)cc1. The van der Waals surface area contributed by atoms with Crippen LogP contribution in [-0.4, -0.2) is 60.2 Å². The van der Waals surface area contributed by atoms with Crippen molar-refractivity contribution in [3.05, 3.63) is 102 Å². The number of carbonyl (C=O) groups is 4. The van der Waals surface area contributed by atoms with Crippen molar-refractivity contribution in [3.8, 4) is 11.4 Å². The largest absolute Gasteiger partial charge is 0.497 e. The molecule has 1 saturated heterocycles. The molecule has 4 amide bonds. The summed E-state index contributed by atoms with van der Waals surface area (Å²) in [4.78, 5) is 57.2. The number of nitrogens with one attached hydrogen (secondary N) is 1. The summed E-state index contributed by atoms with van der Waals surface area (Å²) in [7, 11) is 1.57. The third-order valence-electron chi connectivity index (χ3n) is 9.00. The molecule has 0 radical (unpaired) electrons. The van der Waals surface area contributed by atoms with E-state index in [-0.39, 0.29) is 29.1 Å². The molecule has 0 saturated carbocycles. The molecule has 4 heterocycles. The van der Waals surface area contributed by atoms with Gasteiger partial charge >= 0.3 is 0 Å². The van der Waals surface area contributed by atoms with Crippen molar-refractivity contribution < 1.29 is 23.9 Å². The lowest BCUT2D eigenvalue weighted by molar-refractivity contribution is -0.119. The van der Waals surface area contributed by atoms with E-state index in [0.717, 1.165) is 24.2 Å². The fraction of sp³-hybridized carbons (Fsp3) is 0.250. The van der Waals surface area contributed by atoms with Gasteiger partial charge in [-0.25, -0.2) is 4.68 Å². The number of carbonyl (C=O) groups excluding carboxylic acids is 4. The quantitative estimate of drug-likeness (QED) is 0.289. The van der Waals surface area contributed by atoms with Gasteiger partial charge in [0.15, 0.2) is 5.69 Å². The number of aromatic nitrogens is 2. The van der Waals surface area contributed by atoms with Crippen LogP contribution in [0.15, 0.2) is 84.6 Å². The van der Waals surface area contributed by atoms with Crippen molar-refractivity contribution in [2.45, 2.75) is 32.1 Å². The fourth-order valence-electron chi connectivity index (χ4n) is 6.51. The van der Waals surface area contributed by atoms with Crippen LogP contribution in [0.25, 0.3) is 5.69 Å². The van der Waals surface area contributed by atoms with E-state index in [0.29, 0.717) is 73.0 Å². The number of piperidine rings is 1. The molecule has 48 heavy (non-hydrogen) atoms. The summed E-state index contributed by atoms with van der Waals surface area (Å²) in [6.45, 7) is 1.61. The Morgan fingerprint density at radius 2 is 1.38 bits per heavy atom. The summed E-state index contributed by atoms with van der Waals surface area (Å²) < 4.78 is 6.72. The first-order valence-electron chi connectivity index (χ1n) is 16.0. The number of anilines is 4. The minimum Gasteiger partial charge on any atom is -0.497 e. The van der Waals surface area contributed by atoms with Gasteiger partial charge in [-0.15, -0.1) is 0 Å². The maximum atomic E-state index is 13.9.